The second-order valence-electron chi connectivity index (χ2n) is 5.87. The van der Waals surface area contributed by atoms with Crippen molar-refractivity contribution in [3.8, 4) is 10.6 Å². The van der Waals surface area contributed by atoms with E-state index >= 15 is 0 Å². The van der Waals surface area contributed by atoms with Gasteiger partial charge >= 0.3 is 0 Å². The molecule has 27 heavy (non-hydrogen) atoms. The summed E-state index contributed by atoms with van der Waals surface area (Å²) in [4.78, 5) is 10.2. The minimum absolute atomic E-state index is 0. The molecule has 1 aromatic carbocycles. The van der Waals surface area contributed by atoms with Crippen LogP contribution in [-0.2, 0) is 13.1 Å². The smallest absolute Gasteiger partial charge is 0.191 e. The van der Waals surface area contributed by atoms with Gasteiger partial charge < -0.3 is 10.6 Å². The molecule has 0 fully saturated rings. The molecule has 0 spiro atoms. The van der Waals surface area contributed by atoms with Gasteiger partial charge in [0.15, 0.2) is 5.96 Å². The van der Waals surface area contributed by atoms with Gasteiger partial charge in [-0.1, -0.05) is 30.3 Å². The first-order valence-electron chi connectivity index (χ1n) is 8.70. The third kappa shape index (κ3) is 6.31. The van der Waals surface area contributed by atoms with E-state index < -0.39 is 0 Å². The molecule has 0 amide bonds. The molecule has 0 saturated heterocycles. The van der Waals surface area contributed by atoms with Gasteiger partial charge in [-0.2, -0.15) is 5.10 Å². The number of nitrogens with zero attached hydrogens (tertiary/aromatic N) is 4. The average molecular weight is 496 g/mol. The summed E-state index contributed by atoms with van der Waals surface area (Å²) in [5.41, 5.74) is 2.23. The van der Waals surface area contributed by atoms with Crippen LogP contribution in [-0.4, -0.2) is 34.3 Å². The van der Waals surface area contributed by atoms with Crippen LogP contribution >= 0.6 is 35.3 Å². The number of nitrogens with one attached hydrogen (secondary N) is 2. The van der Waals surface area contributed by atoms with Gasteiger partial charge in [-0.3, -0.25) is 9.67 Å². The van der Waals surface area contributed by atoms with E-state index in [0.29, 0.717) is 0 Å². The number of rotatable bonds is 7. The maximum absolute atomic E-state index is 4.70. The van der Waals surface area contributed by atoms with Crippen LogP contribution in [0.3, 0.4) is 0 Å². The molecule has 0 aliphatic rings. The number of aliphatic imine (C=N–C) groups is 1. The standard InChI is InChI=1S/C19H24N6S.HI/c1-15-17(26-18(24-15)16-8-4-3-5-9-16)14-22-19(20-2)21-10-6-12-25-13-7-11-23-25;/h3-5,7-9,11,13H,6,10,12,14H2,1-2H3,(H2,20,21,22);1H. The van der Waals surface area contributed by atoms with Gasteiger partial charge in [-0.25, -0.2) is 4.98 Å². The molecule has 0 aliphatic heterocycles. The Balaban J connectivity index is 0.00000261. The molecule has 0 saturated carbocycles. The zero-order chi connectivity index (χ0) is 18.2. The molecule has 3 rings (SSSR count). The molecule has 2 N–H and O–H groups in total. The van der Waals surface area contributed by atoms with E-state index in [1.165, 1.54) is 4.88 Å². The number of thiazole rings is 1. The summed E-state index contributed by atoms with van der Waals surface area (Å²) in [6.07, 6.45) is 4.76. The maximum Gasteiger partial charge on any atom is 0.191 e. The number of halogens is 1. The molecule has 144 valence electrons. The van der Waals surface area contributed by atoms with E-state index in [0.717, 1.165) is 48.3 Å². The van der Waals surface area contributed by atoms with Crippen molar-refractivity contribution >= 4 is 41.3 Å². The third-order valence-corrected chi connectivity index (χ3v) is 5.18. The predicted octanol–water partition coefficient (Wildman–Crippen LogP) is 3.69. The van der Waals surface area contributed by atoms with Gasteiger partial charge in [0.25, 0.3) is 0 Å². The first kappa shape index (κ1) is 21.4. The Bertz CT molecular complexity index is 829. The fourth-order valence-corrected chi connectivity index (χ4v) is 3.57. The molecule has 0 atom stereocenters. The minimum atomic E-state index is 0. The fourth-order valence-electron chi connectivity index (χ4n) is 2.56. The number of hydrogen-bond donors (Lipinski definition) is 2. The summed E-state index contributed by atoms with van der Waals surface area (Å²) in [6.45, 7) is 4.51. The number of benzene rings is 1. The van der Waals surface area contributed by atoms with Crippen molar-refractivity contribution in [2.45, 2.75) is 26.4 Å². The molecule has 0 radical (unpaired) electrons. The predicted molar refractivity (Wildman–Crippen MR) is 123 cm³/mol. The van der Waals surface area contributed by atoms with Crippen LogP contribution in [0, 0.1) is 6.92 Å². The van der Waals surface area contributed by atoms with Gasteiger partial charge in [-0.05, 0) is 19.4 Å². The SMILES string of the molecule is CN=C(NCCCn1cccn1)NCc1sc(-c2ccccc2)nc1C.I. The van der Waals surface area contributed by atoms with E-state index in [1.807, 2.05) is 35.1 Å². The van der Waals surface area contributed by atoms with Crippen molar-refractivity contribution in [3.63, 3.8) is 0 Å². The second-order valence-corrected chi connectivity index (χ2v) is 6.95. The molecular formula is C19H25IN6S. The van der Waals surface area contributed by atoms with Gasteiger partial charge in [0.05, 0.1) is 12.2 Å². The number of aryl methyl sites for hydroxylation is 2. The highest BCUT2D eigenvalue weighted by atomic mass is 127. The lowest BCUT2D eigenvalue weighted by Gasteiger charge is -2.11. The summed E-state index contributed by atoms with van der Waals surface area (Å²) in [6, 6.07) is 12.2. The van der Waals surface area contributed by atoms with Gasteiger partial charge in [0.2, 0.25) is 0 Å². The molecule has 8 heteroatoms. The van der Waals surface area contributed by atoms with Crippen molar-refractivity contribution in [1.29, 1.82) is 0 Å². The second kappa shape index (κ2) is 11.0. The minimum Gasteiger partial charge on any atom is -0.356 e. The van der Waals surface area contributed by atoms with Crippen LogP contribution in [0.25, 0.3) is 10.6 Å². The Morgan fingerprint density at radius 2 is 2.00 bits per heavy atom. The highest BCUT2D eigenvalue weighted by Crippen LogP contribution is 2.27. The lowest BCUT2D eigenvalue weighted by Crippen LogP contribution is -2.37. The lowest BCUT2D eigenvalue weighted by molar-refractivity contribution is 0.570. The van der Waals surface area contributed by atoms with Gasteiger partial charge in [0, 0.05) is 43.0 Å². The van der Waals surface area contributed by atoms with E-state index in [4.69, 9.17) is 4.98 Å². The van der Waals surface area contributed by atoms with Crippen LogP contribution in [0.1, 0.15) is 17.0 Å². The van der Waals surface area contributed by atoms with Crippen molar-refractivity contribution < 1.29 is 0 Å². The molecule has 6 nitrogen and oxygen atoms in total. The third-order valence-electron chi connectivity index (χ3n) is 3.97. The normalized spacial score (nSPS) is 11.1. The lowest BCUT2D eigenvalue weighted by atomic mass is 10.2. The Kier molecular flexibility index (Phi) is 8.73. The molecular weight excluding hydrogens is 471 g/mol. The fraction of sp³-hybridized carbons (Fsp3) is 0.316. The van der Waals surface area contributed by atoms with Crippen molar-refractivity contribution in [3.05, 3.63) is 59.4 Å². The highest BCUT2D eigenvalue weighted by molar-refractivity contribution is 14.0. The first-order valence-corrected chi connectivity index (χ1v) is 9.51. The number of hydrogen-bond acceptors (Lipinski definition) is 4. The quantitative estimate of drug-likeness (QED) is 0.227. The van der Waals surface area contributed by atoms with E-state index in [9.17, 15) is 0 Å². The highest BCUT2D eigenvalue weighted by Gasteiger charge is 2.09. The van der Waals surface area contributed by atoms with E-state index in [1.54, 1.807) is 24.6 Å². The van der Waals surface area contributed by atoms with Crippen LogP contribution in [0.5, 0.6) is 0 Å². The molecule has 0 unspecified atom stereocenters. The monoisotopic (exact) mass is 496 g/mol. The zero-order valence-corrected chi connectivity index (χ0v) is 18.7. The van der Waals surface area contributed by atoms with Crippen LogP contribution in [0.15, 0.2) is 53.8 Å². The maximum atomic E-state index is 4.70. The summed E-state index contributed by atoms with van der Waals surface area (Å²) in [5.74, 6) is 0.805. The molecule has 2 heterocycles. The Morgan fingerprint density at radius 3 is 2.70 bits per heavy atom. The summed E-state index contributed by atoms with van der Waals surface area (Å²) < 4.78 is 1.93. The summed E-state index contributed by atoms with van der Waals surface area (Å²) in [7, 11) is 1.79. The molecule has 0 aliphatic carbocycles. The van der Waals surface area contributed by atoms with E-state index in [2.05, 4.69) is 39.8 Å². The van der Waals surface area contributed by atoms with Crippen LogP contribution in [0.2, 0.25) is 0 Å². The van der Waals surface area contributed by atoms with Crippen molar-refractivity contribution in [2.75, 3.05) is 13.6 Å². The average Bonchev–Trinajstić information content (AvgIpc) is 3.32. The number of aromatic nitrogens is 3. The van der Waals surface area contributed by atoms with Crippen LogP contribution < -0.4 is 10.6 Å². The largest absolute Gasteiger partial charge is 0.356 e. The van der Waals surface area contributed by atoms with Crippen molar-refractivity contribution in [2.24, 2.45) is 4.99 Å². The Labute approximate surface area is 181 Å². The van der Waals surface area contributed by atoms with Crippen LogP contribution in [0.4, 0.5) is 0 Å². The molecule has 3 aromatic rings. The zero-order valence-electron chi connectivity index (χ0n) is 15.6. The van der Waals surface area contributed by atoms with Crippen molar-refractivity contribution in [1.82, 2.24) is 25.4 Å². The number of guanidine groups is 1. The first-order chi connectivity index (χ1) is 12.8. The Hall–Kier alpha value is -1.94. The molecule has 2 aromatic heterocycles. The summed E-state index contributed by atoms with van der Waals surface area (Å²) >= 11 is 1.72. The van der Waals surface area contributed by atoms with Gasteiger partial charge in [-0.15, -0.1) is 35.3 Å². The molecule has 0 bridgehead atoms. The van der Waals surface area contributed by atoms with Gasteiger partial charge in [0.1, 0.15) is 5.01 Å². The van der Waals surface area contributed by atoms with E-state index in [-0.39, 0.29) is 24.0 Å². The topological polar surface area (TPSA) is 67.1 Å². The summed E-state index contributed by atoms with van der Waals surface area (Å²) in [5, 5.41) is 12.0. The Morgan fingerprint density at radius 1 is 1.19 bits per heavy atom.